The van der Waals surface area contributed by atoms with Gasteiger partial charge in [-0.05, 0) is 48.7 Å². The fourth-order valence-electron chi connectivity index (χ4n) is 3.90. The van der Waals surface area contributed by atoms with Crippen molar-refractivity contribution in [1.82, 2.24) is 14.5 Å². The number of ether oxygens (including phenoxy) is 1. The summed E-state index contributed by atoms with van der Waals surface area (Å²) in [6.45, 7) is 0. The fourth-order valence-corrected chi connectivity index (χ4v) is 3.90. The Hall–Kier alpha value is -4.27. The van der Waals surface area contributed by atoms with E-state index >= 15 is 0 Å². The van der Waals surface area contributed by atoms with E-state index in [-0.39, 0.29) is 28.6 Å². The van der Waals surface area contributed by atoms with Gasteiger partial charge in [0.15, 0.2) is 0 Å². The number of fused-ring (bicyclic) bond motifs is 1. The zero-order valence-corrected chi connectivity index (χ0v) is 18.3. The minimum atomic E-state index is -1.33. The summed E-state index contributed by atoms with van der Waals surface area (Å²) < 4.78 is 21.9. The van der Waals surface area contributed by atoms with Crippen LogP contribution >= 0.6 is 0 Å². The van der Waals surface area contributed by atoms with E-state index in [1.54, 1.807) is 23.9 Å². The third kappa shape index (κ3) is 4.19. The molecule has 34 heavy (non-hydrogen) atoms. The average molecular weight is 460 g/mol. The molecule has 1 aliphatic rings. The monoisotopic (exact) mass is 460 g/mol. The molecule has 0 amide bonds. The molecule has 0 aliphatic heterocycles. The second kappa shape index (κ2) is 8.58. The molecule has 4 aromatic rings. The van der Waals surface area contributed by atoms with Gasteiger partial charge in [-0.2, -0.15) is 0 Å². The van der Waals surface area contributed by atoms with Gasteiger partial charge in [0.25, 0.3) is 0 Å². The van der Waals surface area contributed by atoms with Gasteiger partial charge in [0.1, 0.15) is 17.1 Å². The second-order valence-electron chi connectivity index (χ2n) is 8.19. The number of nitrogens with one attached hydrogen (secondary N) is 1. The highest BCUT2D eigenvalue weighted by atomic mass is 19.1. The Labute approximate surface area is 193 Å². The molecule has 0 spiro atoms. The number of pyridine rings is 1. The number of benzene rings is 2. The lowest BCUT2D eigenvalue weighted by Gasteiger charge is -2.14. The van der Waals surface area contributed by atoms with E-state index in [0.717, 1.165) is 35.9 Å². The van der Waals surface area contributed by atoms with Crippen molar-refractivity contribution >= 4 is 28.5 Å². The van der Waals surface area contributed by atoms with Crippen LogP contribution in [0.1, 0.15) is 40.5 Å². The quantitative estimate of drug-likeness (QED) is 0.423. The smallest absolute Gasteiger partial charge is 0.341 e. The number of carboxylic acids is 1. The first kappa shape index (κ1) is 21.6. The second-order valence-corrected chi connectivity index (χ2v) is 8.19. The average Bonchev–Trinajstić information content (AvgIpc) is 3.66. The van der Waals surface area contributed by atoms with Crippen LogP contribution in [0.25, 0.3) is 10.9 Å². The maximum absolute atomic E-state index is 15.0. The summed E-state index contributed by atoms with van der Waals surface area (Å²) in [7, 11) is 1.61. The van der Waals surface area contributed by atoms with Crippen LogP contribution in [0, 0.1) is 5.82 Å². The van der Waals surface area contributed by atoms with Crippen LogP contribution in [0.2, 0.25) is 0 Å². The molecule has 1 aliphatic carbocycles. The number of rotatable bonds is 7. The van der Waals surface area contributed by atoms with Crippen LogP contribution < -0.4 is 15.5 Å². The van der Waals surface area contributed by atoms with E-state index in [1.165, 1.54) is 12.3 Å². The first-order valence-corrected chi connectivity index (χ1v) is 10.8. The Morgan fingerprint density at radius 3 is 2.68 bits per heavy atom. The molecule has 2 N–H and O–H groups in total. The minimum Gasteiger partial charge on any atom is -0.497 e. The molecule has 2 heterocycles. The number of nitrogens with zero attached hydrogens (tertiary/aromatic N) is 3. The summed E-state index contributed by atoms with van der Waals surface area (Å²) >= 11 is 0. The molecule has 0 unspecified atom stereocenters. The van der Waals surface area contributed by atoms with E-state index in [4.69, 9.17) is 4.74 Å². The summed E-state index contributed by atoms with van der Waals surface area (Å²) in [6.07, 6.45) is 5.23. The highest BCUT2D eigenvalue weighted by Crippen LogP contribution is 2.38. The van der Waals surface area contributed by atoms with Crippen molar-refractivity contribution in [1.29, 1.82) is 0 Å². The number of hydrogen-bond acceptors (Lipinski definition) is 6. The van der Waals surface area contributed by atoms with E-state index in [0.29, 0.717) is 11.9 Å². The van der Waals surface area contributed by atoms with E-state index in [1.807, 2.05) is 24.3 Å². The Kier molecular flexibility index (Phi) is 5.45. The van der Waals surface area contributed by atoms with Crippen LogP contribution in [0.15, 0.2) is 59.7 Å². The lowest BCUT2D eigenvalue weighted by atomic mass is 10.1. The molecular formula is C25H21FN4O4. The number of carboxylic acid groups (broad SMARTS) is 1. The van der Waals surface area contributed by atoms with Crippen LogP contribution in [0.4, 0.5) is 16.0 Å². The van der Waals surface area contributed by atoms with E-state index in [9.17, 15) is 19.1 Å². The van der Waals surface area contributed by atoms with Gasteiger partial charge in [0.2, 0.25) is 11.4 Å². The third-order valence-electron chi connectivity index (χ3n) is 5.80. The standard InChI is InChI=1S/C25H21FN4O4/c1-34-17-6-2-14(3-7-17)10-15-8-9-27-25(28-15)29-21-12-22-18(11-20(21)26)23(31)19(24(32)33)13-30(22)16-4-5-16/h2-3,6-9,11-13,16H,4-5,10H2,1H3,(H,32,33)(H,27,28,29). The number of aromatic carboxylic acids is 1. The minimum absolute atomic E-state index is 0.0315. The van der Waals surface area contributed by atoms with Crippen molar-refractivity contribution in [2.75, 3.05) is 12.4 Å². The normalized spacial score (nSPS) is 13.1. The number of aromatic nitrogens is 3. The SMILES string of the molecule is COc1ccc(Cc2ccnc(Nc3cc4c(cc3F)c(=O)c(C(=O)O)cn4C3CC3)n2)cc1. The summed E-state index contributed by atoms with van der Waals surface area (Å²) in [4.78, 5) is 32.8. The van der Waals surface area contributed by atoms with Crippen molar-refractivity contribution in [2.45, 2.75) is 25.3 Å². The molecule has 8 nitrogen and oxygen atoms in total. The molecule has 1 saturated carbocycles. The number of hydrogen-bond donors (Lipinski definition) is 2. The molecule has 0 bridgehead atoms. The molecule has 5 rings (SSSR count). The fraction of sp³-hybridized carbons (Fsp3) is 0.200. The van der Waals surface area contributed by atoms with Crippen LogP contribution in [0.3, 0.4) is 0 Å². The summed E-state index contributed by atoms with van der Waals surface area (Å²) in [5, 5.41) is 12.3. The number of methoxy groups -OCH3 is 1. The van der Waals surface area contributed by atoms with Crippen LogP contribution in [-0.4, -0.2) is 32.7 Å². The maximum atomic E-state index is 15.0. The molecule has 172 valence electrons. The highest BCUT2D eigenvalue weighted by Gasteiger charge is 2.27. The predicted molar refractivity (Wildman–Crippen MR) is 125 cm³/mol. The molecule has 0 radical (unpaired) electrons. The number of carbonyl (C=O) groups is 1. The highest BCUT2D eigenvalue weighted by molar-refractivity contribution is 5.93. The van der Waals surface area contributed by atoms with Crippen molar-refractivity contribution in [3.63, 3.8) is 0 Å². The van der Waals surface area contributed by atoms with Crippen molar-refractivity contribution in [3.8, 4) is 5.75 Å². The Morgan fingerprint density at radius 1 is 1.24 bits per heavy atom. The predicted octanol–water partition coefficient (Wildman–Crippen LogP) is 4.31. The number of anilines is 2. The van der Waals surface area contributed by atoms with E-state index < -0.39 is 17.2 Å². The Balaban J connectivity index is 1.48. The van der Waals surface area contributed by atoms with Gasteiger partial charge in [-0.1, -0.05) is 12.1 Å². The number of halogens is 1. The van der Waals surface area contributed by atoms with Gasteiger partial charge in [0.05, 0.1) is 24.0 Å². The molecule has 2 aromatic heterocycles. The van der Waals surface area contributed by atoms with Gasteiger partial charge in [-0.15, -0.1) is 0 Å². The largest absolute Gasteiger partial charge is 0.497 e. The van der Waals surface area contributed by atoms with Gasteiger partial charge < -0.3 is 19.7 Å². The van der Waals surface area contributed by atoms with Gasteiger partial charge >= 0.3 is 5.97 Å². The first-order valence-electron chi connectivity index (χ1n) is 10.8. The summed E-state index contributed by atoms with van der Waals surface area (Å²) in [6, 6.07) is 12.1. The lowest BCUT2D eigenvalue weighted by molar-refractivity contribution is 0.0695. The maximum Gasteiger partial charge on any atom is 0.341 e. The van der Waals surface area contributed by atoms with Crippen molar-refractivity contribution in [2.24, 2.45) is 0 Å². The Morgan fingerprint density at radius 2 is 2.00 bits per heavy atom. The van der Waals surface area contributed by atoms with Gasteiger partial charge in [-0.3, -0.25) is 4.79 Å². The van der Waals surface area contributed by atoms with Crippen molar-refractivity contribution < 1.29 is 19.0 Å². The molecule has 1 fully saturated rings. The van der Waals surface area contributed by atoms with Crippen LogP contribution in [0.5, 0.6) is 5.75 Å². The lowest BCUT2D eigenvalue weighted by Crippen LogP contribution is -2.19. The van der Waals surface area contributed by atoms with Gasteiger partial charge in [0, 0.05) is 30.2 Å². The zero-order valence-electron chi connectivity index (χ0n) is 18.3. The molecule has 0 atom stereocenters. The van der Waals surface area contributed by atoms with E-state index in [2.05, 4.69) is 15.3 Å². The molecule has 0 saturated heterocycles. The van der Waals surface area contributed by atoms with Crippen LogP contribution in [-0.2, 0) is 6.42 Å². The third-order valence-corrected chi connectivity index (χ3v) is 5.80. The molecule has 9 heteroatoms. The van der Waals surface area contributed by atoms with Gasteiger partial charge in [-0.25, -0.2) is 19.2 Å². The molecular weight excluding hydrogens is 439 g/mol. The summed E-state index contributed by atoms with van der Waals surface area (Å²) in [5.41, 5.74) is 1.27. The topological polar surface area (TPSA) is 106 Å². The first-order chi connectivity index (χ1) is 16.4. The summed E-state index contributed by atoms with van der Waals surface area (Å²) in [5.74, 6) is -1.04. The zero-order chi connectivity index (χ0) is 23.8. The molecule has 2 aromatic carbocycles. The van der Waals surface area contributed by atoms with Crippen molar-refractivity contribution in [3.05, 3.63) is 87.7 Å². The Bertz CT molecular complexity index is 1460.